The maximum absolute atomic E-state index is 13.2. The second kappa shape index (κ2) is 11.4. The predicted octanol–water partition coefficient (Wildman–Crippen LogP) is 3.44. The van der Waals surface area contributed by atoms with Crippen molar-refractivity contribution in [1.82, 2.24) is 14.9 Å². The minimum atomic E-state index is -3.55. The number of benzene rings is 2. The fourth-order valence-electron chi connectivity index (χ4n) is 4.01. The van der Waals surface area contributed by atoms with Gasteiger partial charge in [-0.15, -0.1) is 0 Å². The summed E-state index contributed by atoms with van der Waals surface area (Å²) in [7, 11) is -0.417. The smallest absolute Gasteiger partial charge is 0.315 e. The number of rotatable bonds is 9. The Morgan fingerprint density at radius 3 is 2.45 bits per heavy atom. The second-order valence-corrected chi connectivity index (χ2v) is 10.1. The van der Waals surface area contributed by atoms with E-state index in [4.69, 9.17) is 9.47 Å². The van der Waals surface area contributed by atoms with Crippen LogP contribution in [0.3, 0.4) is 0 Å². The molecule has 1 fully saturated rings. The van der Waals surface area contributed by atoms with Crippen LogP contribution < -0.4 is 20.1 Å². The van der Waals surface area contributed by atoms with E-state index in [2.05, 4.69) is 10.6 Å². The van der Waals surface area contributed by atoms with Crippen molar-refractivity contribution in [3.63, 3.8) is 0 Å². The molecular formula is C24H33N3O5S. The van der Waals surface area contributed by atoms with E-state index in [0.29, 0.717) is 42.4 Å². The van der Waals surface area contributed by atoms with Crippen LogP contribution in [0.1, 0.15) is 36.8 Å². The first-order valence-electron chi connectivity index (χ1n) is 11.2. The van der Waals surface area contributed by atoms with Crippen LogP contribution in [0.2, 0.25) is 0 Å². The number of sulfonamides is 1. The summed E-state index contributed by atoms with van der Waals surface area (Å²) in [5.41, 5.74) is 1.90. The van der Waals surface area contributed by atoms with Gasteiger partial charge in [-0.3, -0.25) is 0 Å². The van der Waals surface area contributed by atoms with E-state index in [1.54, 1.807) is 36.7 Å². The molecule has 0 aliphatic carbocycles. The van der Waals surface area contributed by atoms with Crippen molar-refractivity contribution in [3.8, 4) is 11.5 Å². The van der Waals surface area contributed by atoms with E-state index in [9.17, 15) is 13.2 Å². The predicted molar refractivity (Wildman–Crippen MR) is 127 cm³/mol. The fourth-order valence-corrected chi connectivity index (χ4v) is 5.74. The first kappa shape index (κ1) is 24.9. The Hall–Kier alpha value is -2.78. The molecule has 0 spiro atoms. The molecule has 9 heteroatoms. The molecular weight excluding hydrogens is 442 g/mol. The number of urea groups is 1. The number of ether oxygens (including phenoxy) is 2. The third-order valence-corrected chi connectivity index (χ3v) is 7.83. The van der Waals surface area contributed by atoms with E-state index >= 15 is 0 Å². The first-order valence-corrected chi connectivity index (χ1v) is 12.6. The van der Waals surface area contributed by atoms with Crippen LogP contribution in [0.25, 0.3) is 0 Å². The molecule has 2 amide bonds. The van der Waals surface area contributed by atoms with Gasteiger partial charge in [-0.25, -0.2) is 13.2 Å². The number of aryl methyl sites for hydroxylation is 1. The van der Waals surface area contributed by atoms with Gasteiger partial charge in [0.05, 0.1) is 19.1 Å². The minimum absolute atomic E-state index is 0.129. The molecule has 1 saturated heterocycles. The van der Waals surface area contributed by atoms with Gasteiger partial charge in [-0.1, -0.05) is 30.2 Å². The van der Waals surface area contributed by atoms with Crippen molar-refractivity contribution in [2.75, 3.05) is 27.3 Å². The van der Waals surface area contributed by atoms with Crippen LogP contribution >= 0.6 is 0 Å². The third-order valence-electron chi connectivity index (χ3n) is 5.86. The highest BCUT2D eigenvalue weighted by atomic mass is 32.2. The summed E-state index contributed by atoms with van der Waals surface area (Å²) in [6.45, 7) is 3.17. The van der Waals surface area contributed by atoms with Gasteiger partial charge in [0.15, 0.2) is 11.5 Å². The lowest BCUT2D eigenvalue weighted by molar-refractivity contribution is 0.228. The van der Waals surface area contributed by atoms with Gasteiger partial charge >= 0.3 is 6.03 Å². The highest BCUT2D eigenvalue weighted by Crippen LogP contribution is 2.28. The van der Waals surface area contributed by atoms with Gasteiger partial charge in [0.2, 0.25) is 10.0 Å². The van der Waals surface area contributed by atoms with Gasteiger partial charge in [-0.2, -0.15) is 4.31 Å². The van der Waals surface area contributed by atoms with Crippen LogP contribution in [-0.2, 0) is 16.6 Å². The van der Waals surface area contributed by atoms with E-state index in [-0.39, 0.29) is 12.1 Å². The maximum atomic E-state index is 13.2. The summed E-state index contributed by atoms with van der Waals surface area (Å²) >= 11 is 0. The summed E-state index contributed by atoms with van der Waals surface area (Å²) in [6.07, 6.45) is 3.19. The molecule has 1 atom stereocenters. The van der Waals surface area contributed by atoms with Crippen LogP contribution in [0.15, 0.2) is 47.4 Å². The van der Waals surface area contributed by atoms with Crippen LogP contribution in [0, 0.1) is 6.92 Å². The zero-order chi connectivity index (χ0) is 23.8. The van der Waals surface area contributed by atoms with Crippen molar-refractivity contribution in [2.45, 2.75) is 50.1 Å². The van der Waals surface area contributed by atoms with Crippen LogP contribution in [-0.4, -0.2) is 52.1 Å². The summed E-state index contributed by atoms with van der Waals surface area (Å²) in [5.74, 6) is 1.23. The average molecular weight is 476 g/mol. The zero-order valence-electron chi connectivity index (χ0n) is 19.5. The van der Waals surface area contributed by atoms with Crippen molar-refractivity contribution >= 4 is 16.1 Å². The Balaban J connectivity index is 1.52. The van der Waals surface area contributed by atoms with E-state index in [1.807, 2.05) is 31.2 Å². The average Bonchev–Trinajstić information content (AvgIpc) is 2.83. The van der Waals surface area contributed by atoms with Crippen molar-refractivity contribution in [3.05, 3.63) is 53.6 Å². The number of hydrogen-bond acceptors (Lipinski definition) is 5. The molecule has 1 unspecified atom stereocenters. The third kappa shape index (κ3) is 6.39. The highest BCUT2D eigenvalue weighted by Gasteiger charge is 2.33. The molecule has 2 N–H and O–H groups in total. The van der Waals surface area contributed by atoms with Crippen LogP contribution in [0.5, 0.6) is 11.5 Å². The monoisotopic (exact) mass is 475 g/mol. The number of methoxy groups -OCH3 is 2. The molecule has 33 heavy (non-hydrogen) atoms. The lowest BCUT2D eigenvalue weighted by Gasteiger charge is -2.34. The summed E-state index contributed by atoms with van der Waals surface area (Å²) < 4.78 is 38.4. The molecule has 180 valence electrons. The maximum Gasteiger partial charge on any atom is 0.315 e. The molecule has 2 aromatic rings. The molecule has 0 saturated carbocycles. The Labute approximate surface area is 196 Å². The fraction of sp³-hybridized carbons (Fsp3) is 0.458. The minimum Gasteiger partial charge on any atom is -0.493 e. The Morgan fingerprint density at radius 1 is 1.03 bits per heavy atom. The number of piperidine rings is 1. The van der Waals surface area contributed by atoms with Gasteiger partial charge in [0.1, 0.15) is 0 Å². The molecule has 1 aliphatic rings. The Bertz CT molecular complexity index is 1040. The number of nitrogens with zero attached hydrogens (tertiary/aromatic N) is 1. The van der Waals surface area contributed by atoms with Gasteiger partial charge in [-0.05, 0) is 56.0 Å². The van der Waals surface area contributed by atoms with Gasteiger partial charge < -0.3 is 20.1 Å². The van der Waals surface area contributed by atoms with Crippen molar-refractivity contribution in [1.29, 1.82) is 0 Å². The molecule has 8 nitrogen and oxygen atoms in total. The number of carbonyl (C=O) groups excluding carboxylic acids is 1. The number of amides is 2. The standard InChI is InChI=1S/C24H33N3O5S/c1-18-7-10-21(11-8-18)33(29,30)27-15-5-4-6-20(27)13-14-25-24(28)26-17-19-9-12-22(31-2)23(16-19)32-3/h7-12,16,20H,4-6,13-15,17H2,1-3H3,(H2,25,26,28). The van der Waals surface area contributed by atoms with E-state index in [1.165, 1.54) is 0 Å². The normalized spacial score (nSPS) is 16.8. The van der Waals surface area contributed by atoms with E-state index in [0.717, 1.165) is 30.4 Å². The van der Waals surface area contributed by atoms with Crippen molar-refractivity contribution < 1.29 is 22.7 Å². The van der Waals surface area contributed by atoms with Crippen LogP contribution in [0.4, 0.5) is 4.79 Å². The first-order chi connectivity index (χ1) is 15.8. The SMILES string of the molecule is COc1ccc(CNC(=O)NCCC2CCCCN2S(=O)(=O)c2ccc(C)cc2)cc1OC. The summed E-state index contributed by atoms with van der Waals surface area (Å²) in [6, 6.07) is 12.0. The Morgan fingerprint density at radius 2 is 1.76 bits per heavy atom. The number of carbonyl (C=O) groups is 1. The molecule has 0 aromatic heterocycles. The zero-order valence-corrected chi connectivity index (χ0v) is 20.3. The van der Waals surface area contributed by atoms with E-state index < -0.39 is 10.0 Å². The summed E-state index contributed by atoms with van der Waals surface area (Å²) in [4.78, 5) is 12.6. The molecule has 1 aliphatic heterocycles. The lowest BCUT2D eigenvalue weighted by atomic mass is 10.0. The lowest BCUT2D eigenvalue weighted by Crippen LogP contribution is -2.45. The highest BCUT2D eigenvalue weighted by molar-refractivity contribution is 7.89. The molecule has 3 rings (SSSR count). The van der Waals surface area contributed by atoms with Gasteiger partial charge in [0, 0.05) is 25.7 Å². The van der Waals surface area contributed by atoms with Crippen molar-refractivity contribution in [2.24, 2.45) is 0 Å². The molecule has 2 aromatic carbocycles. The molecule has 0 bridgehead atoms. The number of nitrogens with one attached hydrogen (secondary N) is 2. The topological polar surface area (TPSA) is 97.0 Å². The molecule has 0 radical (unpaired) electrons. The number of hydrogen-bond donors (Lipinski definition) is 2. The quantitative estimate of drug-likeness (QED) is 0.579. The largest absolute Gasteiger partial charge is 0.493 e. The van der Waals surface area contributed by atoms with Gasteiger partial charge in [0.25, 0.3) is 0 Å². The Kier molecular flexibility index (Phi) is 8.57. The molecule has 1 heterocycles. The summed E-state index contributed by atoms with van der Waals surface area (Å²) in [5, 5.41) is 5.66. The second-order valence-electron chi connectivity index (χ2n) is 8.17.